The minimum atomic E-state index is -0.398. The molecule has 0 spiro atoms. The number of esters is 2. The molecule has 0 fully saturated rings. The maximum Gasteiger partial charge on any atom is 0.330 e. The van der Waals surface area contributed by atoms with Crippen LogP contribution in [-0.4, -0.2) is 29.3 Å². The van der Waals surface area contributed by atoms with Gasteiger partial charge in [0, 0.05) is 12.2 Å². The molecule has 0 saturated carbocycles. The zero-order valence-corrected chi connectivity index (χ0v) is 18.5. The van der Waals surface area contributed by atoms with Gasteiger partial charge in [-0.1, -0.05) is 69.5 Å². The Hall–Kier alpha value is -2.66. The fourth-order valence-corrected chi connectivity index (χ4v) is 1.31. The number of benzene rings is 1. The summed E-state index contributed by atoms with van der Waals surface area (Å²) in [7, 11) is 0. The summed E-state index contributed by atoms with van der Waals surface area (Å²) in [6.07, 6.45) is 6.14. The van der Waals surface area contributed by atoms with Gasteiger partial charge in [0.05, 0.1) is 13.2 Å². The van der Waals surface area contributed by atoms with Crippen LogP contribution < -0.4 is 0 Å². The van der Waals surface area contributed by atoms with E-state index in [1.165, 1.54) is 11.6 Å². The van der Waals surface area contributed by atoms with Crippen molar-refractivity contribution in [2.45, 2.75) is 53.1 Å². The molecule has 0 atom stereocenters. The fourth-order valence-electron chi connectivity index (χ4n) is 1.31. The third kappa shape index (κ3) is 30.3. The summed E-state index contributed by atoms with van der Waals surface area (Å²) >= 11 is 0. The van der Waals surface area contributed by atoms with Gasteiger partial charge < -0.3 is 14.6 Å². The molecule has 0 saturated heterocycles. The summed E-state index contributed by atoms with van der Waals surface area (Å²) in [6, 6.07) is 10.0. The molecule has 5 nitrogen and oxygen atoms in total. The molecule has 0 bridgehead atoms. The molecule has 5 heteroatoms. The van der Waals surface area contributed by atoms with Gasteiger partial charge >= 0.3 is 11.9 Å². The second-order valence-electron chi connectivity index (χ2n) is 6.34. The first-order valence-electron chi connectivity index (χ1n) is 9.35. The highest BCUT2D eigenvalue weighted by Gasteiger charge is 2.12. The highest BCUT2D eigenvalue weighted by atomic mass is 16.6. The second kappa shape index (κ2) is 21.6. The van der Waals surface area contributed by atoms with Gasteiger partial charge in [-0.3, -0.25) is 0 Å². The number of unbranched alkanes of at least 4 members (excludes halogenated alkanes) is 1. The van der Waals surface area contributed by atoms with Gasteiger partial charge in [-0.25, -0.2) is 9.59 Å². The van der Waals surface area contributed by atoms with E-state index in [0.29, 0.717) is 6.61 Å². The average Bonchev–Trinajstić information content (AvgIpc) is 2.69. The van der Waals surface area contributed by atoms with Crippen LogP contribution in [0.4, 0.5) is 0 Å². The molecule has 163 valence electrons. The first-order valence-corrected chi connectivity index (χ1v) is 9.35. The van der Waals surface area contributed by atoms with Gasteiger partial charge in [-0.05, 0) is 39.7 Å². The standard InChI is InChI=1S/C8H8.2C7H12O2.C2H5O/c1-2-8-6-4-3-5-7-8;1-5-6(8)9-7(2,3)4;1-3-5-6-9-7(8)4-2;1-2-3/h2-7H,1H2;5H,1H2,2-4H3;4H,2-3,5-6H2,1H3;2-3H,1H3. The maximum absolute atomic E-state index is 10.5. The first kappa shape index (κ1) is 31.0. The first-order chi connectivity index (χ1) is 13.6. The Labute approximate surface area is 176 Å². The van der Waals surface area contributed by atoms with Gasteiger partial charge in [0.15, 0.2) is 0 Å². The summed E-state index contributed by atoms with van der Waals surface area (Å²) in [5, 5.41) is 7.44. The zero-order chi connectivity index (χ0) is 23.1. The van der Waals surface area contributed by atoms with Crippen LogP contribution in [0.5, 0.6) is 0 Å². The summed E-state index contributed by atoms with van der Waals surface area (Å²) in [4.78, 5) is 20.8. The molecule has 0 heterocycles. The Morgan fingerprint density at radius 3 is 1.79 bits per heavy atom. The number of hydrogen-bond donors (Lipinski definition) is 1. The predicted octanol–water partition coefficient (Wildman–Crippen LogP) is 5.90. The van der Waals surface area contributed by atoms with Crippen LogP contribution >= 0.6 is 0 Å². The van der Waals surface area contributed by atoms with Crippen LogP contribution in [0.15, 0.2) is 62.2 Å². The smallest absolute Gasteiger partial charge is 0.330 e. The lowest BCUT2D eigenvalue weighted by Gasteiger charge is -2.17. The number of hydrogen-bond acceptors (Lipinski definition) is 5. The van der Waals surface area contributed by atoms with Crippen LogP contribution in [0.1, 0.15) is 53.0 Å². The van der Waals surface area contributed by atoms with Crippen molar-refractivity contribution in [1.82, 2.24) is 0 Å². The van der Waals surface area contributed by atoms with Crippen LogP contribution in [0, 0.1) is 6.61 Å². The molecule has 0 aliphatic rings. The summed E-state index contributed by atoms with van der Waals surface area (Å²) in [5.41, 5.74) is 0.776. The third-order valence-electron chi connectivity index (χ3n) is 2.52. The number of carbonyl (C=O) groups is 2. The van der Waals surface area contributed by atoms with Crippen molar-refractivity contribution in [1.29, 1.82) is 0 Å². The van der Waals surface area contributed by atoms with Crippen molar-refractivity contribution >= 4 is 18.0 Å². The third-order valence-corrected chi connectivity index (χ3v) is 2.52. The highest BCUT2D eigenvalue weighted by Crippen LogP contribution is 2.06. The Morgan fingerprint density at radius 2 is 1.52 bits per heavy atom. The zero-order valence-electron chi connectivity index (χ0n) is 18.5. The number of carbonyl (C=O) groups excluding carboxylic acids is 2. The molecular formula is C24H37O5. The van der Waals surface area contributed by atoms with Crippen LogP contribution in [0.2, 0.25) is 0 Å². The molecular weight excluding hydrogens is 368 g/mol. The van der Waals surface area contributed by atoms with Crippen LogP contribution in [-0.2, 0) is 19.1 Å². The van der Waals surface area contributed by atoms with Gasteiger partial charge in [0.2, 0.25) is 0 Å². The lowest BCUT2D eigenvalue weighted by Crippen LogP contribution is -2.22. The Morgan fingerprint density at radius 1 is 1.03 bits per heavy atom. The Kier molecular flexibility index (Phi) is 23.2. The van der Waals surface area contributed by atoms with Gasteiger partial charge in [0.25, 0.3) is 0 Å². The molecule has 0 aromatic heterocycles. The quantitative estimate of drug-likeness (QED) is 0.362. The van der Waals surface area contributed by atoms with E-state index < -0.39 is 5.60 Å². The van der Waals surface area contributed by atoms with Crippen molar-refractivity contribution in [3.63, 3.8) is 0 Å². The van der Waals surface area contributed by atoms with Crippen molar-refractivity contribution in [2.75, 3.05) is 6.61 Å². The summed E-state index contributed by atoms with van der Waals surface area (Å²) in [5.74, 6) is -0.703. The number of ether oxygens (including phenoxy) is 2. The number of rotatable bonds is 6. The molecule has 0 aliphatic carbocycles. The summed E-state index contributed by atoms with van der Waals surface area (Å²) < 4.78 is 9.50. The topological polar surface area (TPSA) is 72.8 Å². The normalized spacial score (nSPS) is 8.90. The van der Waals surface area contributed by atoms with E-state index in [1.807, 2.05) is 64.1 Å². The van der Waals surface area contributed by atoms with Gasteiger partial charge in [-0.15, -0.1) is 0 Å². The summed E-state index contributed by atoms with van der Waals surface area (Å²) in [6.45, 7) is 20.7. The highest BCUT2D eigenvalue weighted by molar-refractivity contribution is 5.81. The molecule has 1 aromatic rings. The number of aliphatic hydroxyl groups is 1. The molecule has 29 heavy (non-hydrogen) atoms. The lowest BCUT2D eigenvalue weighted by atomic mass is 10.2. The fraction of sp³-hybridized carbons (Fsp3) is 0.375. The van der Waals surface area contributed by atoms with Crippen molar-refractivity contribution < 1.29 is 24.2 Å². The number of aliphatic hydroxyl groups excluding tert-OH is 1. The molecule has 0 aliphatic heterocycles. The van der Waals surface area contributed by atoms with E-state index in [9.17, 15) is 9.59 Å². The van der Waals surface area contributed by atoms with E-state index in [1.54, 1.807) is 6.92 Å². The van der Waals surface area contributed by atoms with Gasteiger partial charge in [0.1, 0.15) is 5.60 Å². The predicted molar refractivity (Wildman–Crippen MR) is 121 cm³/mol. The van der Waals surface area contributed by atoms with Gasteiger partial charge in [-0.2, -0.15) is 0 Å². The SMILES string of the molecule is C=CC(=O)OC(C)(C)C.C=CC(=O)OCCCC.C=Cc1ccccc1.C[CH]O. The van der Waals surface area contributed by atoms with E-state index in [-0.39, 0.29) is 11.9 Å². The molecule has 1 radical (unpaired) electrons. The second-order valence-corrected chi connectivity index (χ2v) is 6.34. The van der Waals surface area contributed by atoms with E-state index in [4.69, 9.17) is 9.84 Å². The Bertz CT molecular complexity index is 556. The largest absolute Gasteiger partial charge is 0.463 e. The molecule has 1 rings (SSSR count). The van der Waals surface area contributed by atoms with Crippen molar-refractivity contribution in [3.8, 4) is 0 Å². The van der Waals surface area contributed by atoms with Crippen LogP contribution in [0.3, 0.4) is 0 Å². The molecule has 1 aromatic carbocycles. The monoisotopic (exact) mass is 405 g/mol. The maximum atomic E-state index is 10.5. The molecule has 0 amide bonds. The van der Waals surface area contributed by atoms with E-state index in [0.717, 1.165) is 25.5 Å². The van der Waals surface area contributed by atoms with E-state index >= 15 is 0 Å². The van der Waals surface area contributed by atoms with Crippen LogP contribution in [0.25, 0.3) is 6.08 Å². The molecule has 0 unspecified atom stereocenters. The lowest BCUT2D eigenvalue weighted by molar-refractivity contribution is -0.148. The average molecular weight is 406 g/mol. The van der Waals surface area contributed by atoms with Crippen molar-refractivity contribution in [2.24, 2.45) is 0 Å². The van der Waals surface area contributed by atoms with E-state index in [2.05, 4.69) is 24.5 Å². The minimum absolute atomic E-state index is 0.330. The minimum Gasteiger partial charge on any atom is -0.463 e. The Balaban J connectivity index is -0.000000327. The van der Waals surface area contributed by atoms with Crippen molar-refractivity contribution in [3.05, 3.63) is 74.4 Å². The molecule has 1 N–H and O–H groups in total.